The normalized spacial score (nSPS) is 7.92. The van der Waals surface area contributed by atoms with Gasteiger partial charge in [0.25, 0.3) is 0 Å². The van der Waals surface area contributed by atoms with E-state index in [9.17, 15) is 0 Å². The molecule has 3 heteroatoms. The van der Waals surface area contributed by atoms with Crippen LogP contribution in [-0.4, -0.2) is 18.0 Å². The highest BCUT2D eigenvalue weighted by Gasteiger charge is 1.80. The van der Waals surface area contributed by atoms with Crippen LogP contribution in [0.2, 0.25) is 0 Å². The van der Waals surface area contributed by atoms with Crippen LogP contribution in [0.4, 0.5) is 0 Å². The van der Waals surface area contributed by atoms with E-state index in [1.165, 1.54) is 0 Å². The number of benzene rings is 1. The topological polar surface area (TPSA) is 41.8 Å². The van der Waals surface area contributed by atoms with Crippen LogP contribution < -0.4 is 4.74 Å². The highest BCUT2D eigenvalue weighted by Crippen LogP contribution is 2.05. The summed E-state index contributed by atoms with van der Waals surface area (Å²) in [6.45, 7) is 3.44. The van der Waals surface area contributed by atoms with E-state index in [0.29, 0.717) is 5.71 Å². The van der Waals surface area contributed by atoms with Crippen LogP contribution in [0.3, 0.4) is 0 Å². The third-order valence-electron chi connectivity index (χ3n) is 1.18. The number of hydrogen-bond acceptors (Lipinski definition) is 3. The summed E-state index contributed by atoms with van der Waals surface area (Å²) in [5.74, 6) is 0.910. The van der Waals surface area contributed by atoms with Crippen molar-refractivity contribution in [3.8, 4) is 5.75 Å². The van der Waals surface area contributed by atoms with E-state index >= 15 is 0 Å². The van der Waals surface area contributed by atoms with Gasteiger partial charge < -0.3 is 9.94 Å². The van der Waals surface area contributed by atoms with Gasteiger partial charge in [-0.1, -0.05) is 23.4 Å². The molecule has 0 aliphatic rings. The van der Waals surface area contributed by atoms with Gasteiger partial charge in [-0.2, -0.15) is 0 Å². The Balaban J connectivity index is 0.000000252. The molecule has 1 N–H and O–H groups in total. The molecule has 3 nitrogen and oxygen atoms in total. The third-order valence-corrected chi connectivity index (χ3v) is 1.18. The minimum Gasteiger partial charge on any atom is -0.497 e. The zero-order valence-corrected chi connectivity index (χ0v) is 8.19. The maximum atomic E-state index is 7.73. The Labute approximate surface area is 78.7 Å². The molecule has 0 amide bonds. The largest absolute Gasteiger partial charge is 0.497 e. The summed E-state index contributed by atoms with van der Waals surface area (Å²) < 4.78 is 4.91. The Morgan fingerprint density at radius 2 is 1.69 bits per heavy atom. The van der Waals surface area contributed by atoms with Gasteiger partial charge in [-0.15, -0.1) is 0 Å². The standard InChI is InChI=1S/C7H8O.C3H7NO/c1-8-7-5-3-2-4-6-7;1-3(2)4-5/h2-6H,1H3;5H,1-2H3. The second-order valence-corrected chi connectivity index (χ2v) is 2.56. The highest BCUT2D eigenvalue weighted by atomic mass is 16.5. The first kappa shape index (κ1) is 11.5. The molecule has 0 saturated carbocycles. The van der Waals surface area contributed by atoms with Crippen LogP contribution in [-0.2, 0) is 0 Å². The molecule has 0 aliphatic heterocycles. The average Bonchev–Trinajstić information content (AvgIpc) is 2.20. The number of oxime groups is 1. The molecule has 0 aromatic heterocycles. The number of ether oxygens (including phenoxy) is 1. The highest BCUT2D eigenvalue weighted by molar-refractivity contribution is 5.78. The first-order chi connectivity index (χ1) is 6.20. The fraction of sp³-hybridized carbons (Fsp3) is 0.300. The van der Waals surface area contributed by atoms with E-state index in [0.717, 1.165) is 5.75 Å². The molecule has 0 heterocycles. The lowest BCUT2D eigenvalue weighted by Gasteiger charge is -1.93. The Morgan fingerprint density at radius 3 is 1.92 bits per heavy atom. The lowest BCUT2D eigenvalue weighted by Crippen LogP contribution is -1.78. The number of nitrogens with zero attached hydrogens (tertiary/aromatic N) is 1. The van der Waals surface area contributed by atoms with Crippen molar-refractivity contribution in [2.75, 3.05) is 7.11 Å². The minimum atomic E-state index is 0.685. The molecule has 13 heavy (non-hydrogen) atoms. The van der Waals surface area contributed by atoms with Crippen molar-refractivity contribution in [1.82, 2.24) is 0 Å². The van der Waals surface area contributed by atoms with Crippen molar-refractivity contribution in [2.24, 2.45) is 5.16 Å². The predicted octanol–water partition coefficient (Wildman–Crippen LogP) is 2.55. The smallest absolute Gasteiger partial charge is 0.118 e. The van der Waals surface area contributed by atoms with Gasteiger partial charge in [0.1, 0.15) is 5.75 Å². The van der Waals surface area contributed by atoms with Gasteiger partial charge in [0.15, 0.2) is 0 Å². The van der Waals surface area contributed by atoms with E-state index in [1.54, 1.807) is 21.0 Å². The predicted molar refractivity (Wildman–Crippen MR) is 53.6 cm³/mol. The molecular weight excluding hydrogens is 166 g/mol. The van der Waals surface area contributed by atoms with Gasteiger partial charge in [0.05, 0.1) is 12.8 Å². The van der Waals surface area contributed by atoms with Crippen LogP contribution >= 0.6 is 0 Å². The van der Waals surface area contributed by atoms with Crippen LogP contribution in [0.25, 0.3) is 0 Å². The summed E-state index contributed by atoms with van der Waals surface area (Å²) in [5, 5.41) is 10.5. The van der Waals surface area contributed by atoms with Crippen LogP contribution in [0.1, 0.15) is 13.8 Å². The Bertz CT molecular complexity index is 240. The van der Waals surface area contributed by atoms with E-state index < -0.39 is 0 Å². The lowest BCUT2D eigenvalue weighted by atomic mass is 10.3. The van der Waals surface area contributed by atoms with Crippen molar-refractivity contribution >= 4 is 5.71 Å². The number of para-hydroxylation sites is 1. The van der Waals surface area contributed by atoms with Crippen LogP contribution in [0, 0.1) is 0 Å². The molecule has 0 unspecified atom stereocenters. The molecule has 1 aromatic carbocycles. The van der Waals surface area contributed by atoms with E-state index in [-0.39, 0.29) is 0 Å². The molecule has 0 saturated heterocycles. The monoisotopic (exact) mass is 181 g/mol. The number of methoxy groups -OCH3 is 1. The second-order valence-electron chi connectivity index (χ2n) is 2.56. The zero-order valence-electron chi connectivity index (χ0n) is 8.19. The second kappa shape index (κ2) is 7.16. The van der Waals surface area contributed by atoms with Crippen molar-refractivity contribution in [2.45, 2.75) is 13.8 Å². The summed E-state index contributed by atoms with van der Waals surface area (Å²) in [4.78, 5) is 0. The van der Waals surface area contributed by atoms with E-state index in [4.69, 9.17) is 9.94 Å². The molecule has 0 fully saturated rings. The molecule has 72 valence electrons. The number of rotatable bonds is 1. The van der Waals surface area contributed by atoms with Gasteiger partial charge in [0.2, 0.25) is 0 Å². The lowest BCUT2D eigenvalue weighted by molar-refractivity contribution is 0.318. The van der Waals surface area contributed by atoms with Gasteiger partial charge in [-0.3, -0.25) is 0 Å². The van der Waals surface area contributed by atoms with Crippen molar-refractivity contribution < 1.29 is 9.94 Å². The van der Waals surface area contributed by atoms with E-state index in [2.05, 4.69) is 5.16 Å². The summed E-state index contributed by atoms with van der Waals surface area (Å²) in [6, 6.07) is 9.68. The first-order valence-electron chi connectivity index (χ1n) is 3.95. The third kappa shape index (κ3) is 6.87. The molecule has 0 spiro atoms. The van der Waals surface area contributed by atoms with Crippen LogP contribution in [0.15, 0.2) is 35.5 Å². The molecule has 0 radical (unpaired) electrons. The van der Waals surface area contributed by atoms with Gasteiger partial charge in [-0.05, 0) is 26.0 Å². The molecule has 1 rings (SSSR count). The number of hydrogen-bond donors (Lipinski definition) is 1. The van der Waals surface area contributed by atoms with Gasteiger partial charge >= 0.3 is 0 Å². The summed E-state index contributed by atoms with van der Waals surface area (Å²) in [7, 11) is 1.66. The molecular formula is C10H15NO2. The molecule has 0 aliphatic carbocycles. The SMILES string of the molecule is CC(C)=NO.COc1ccccc1. The Hall–Kier alpha value is -1.51. The average molecular weight is 181 g/mol. The van der Waals surface area contributed by atoms with E-state index in [1.807, 2.05) is 30.3 Å². The fourth-order valence-corrected chi connectivity index (χ4v) is 0.557. The van der Waals surface area contributed by atoms with Crippen molar-refractivity contribution in [3.63, 3.8) is 0 Å². The maximum absolute atomic E-state index is 7.73. The zero-order chi connectivity index (χ0) is 10.1. The molecule has 0 bridgehead atoms. The Morgan fingerprint density at radius 1 is 1.23 bits per heavy atom. The van der Waals surface area contributed by atoms with Gasteiger partial charge in [-0.25, -0.2) is 0 Å². The molecule has 1 aromatic rings. The first-order valence-corrected chi connectivity index (χ1v) is 3.95. The quantitative estimate of drug-likeness (QED) is 0.411. The summed E-state index contributed by atoms with van der Waals surface area (Å²) >= 11 is 0. The van der Waals surface area contributed by atoms with Crippen LogP contribution in [0.5, 0.6) is 5.75 Å². The fourth-order valence-electron chi connectivity index (χ4n) is 0.557. The van der Waals surface area contributed by atoms with Crippen molar-refractivity contribution in [3.05, 3.63) is 30.3 Å². The maximum Gasteiger partial charge on any atom is 0.118 e. The summed E-state index contributed by atoms with van der Waals surface area (Å²) in [5.41, 5.74) is 0.685. The summed E-state index contributed by atoms with van der Waals surface area (Å²) in [6.07, 6.45) is 0. The van der Waals surface area contributed by atoms with Gasteiger partial charge in [0, 0.05) is 0 Å². The minimum absolute atomic E-state index is 0.685. The Kier molecular flexibility index (Phi) is 6.32. The molecule has 0 atom stereocenters. The van der Waals surface area contributed by atoms with Crippen molar-refractivity contribution in [1.29, 1.82) is 0 Å².